The van der Waals surface area contributed by atoms with Crippen molar-refractivity contribution in [3.63, 3.8) is 0 Å². The Kier molecular flexibility index (Phi) is 3.79. The summed E-state index contributed by atoms with van der Waals surface area (Å²) in [7, 11) is 2.15. The zero-order valence-corrected chi connectivity index (χ0v) is 16.4. The van der Waals surface area contributed by atoms with Crippen LogP contribution in [0.15, 0.2) is 24.3 Å². The number of para-hydroxylation sites is 1. The third kappa shape index (κ3) is 2.18. The number of carbonyl (C=O) groups excluding carboxylic acids is 2. The predicted octanol–water partition coefficient (Wildman–Crippen LogP) is 2.24. The number of ketones is 1. The summed E-state index contributed by atoms with van der Waals surface area (Å²) < 4.78 is 6.23. The van der Waals surface area contributed by atoms with E-state index in [1.165, 1.54) is 0 Å². The molecule has 1 aromatic rings. The molecule has 1 saturated carbocycles. The van der Waals surface area contributed by atoms with Crippen molar-refractivity contribution in [3.05, 3.63) is 29.8 Å². The number of Topliss-reactive ketones (excluding diaryl/α,β-unsaturated/α-hetero) is 1. The van der Waals surface area contributed by atoms with Crippen LogP contribution in [0.4, 0.5) is 5.69 Å². The molecule has 3 heterocycles. The summed E-state index contributed by atoms with van der Waals surface area (Å²) in [5.74, 6) is 1.21. The monoisotopic (exact) mass is 368 g/mol. The van der Waals surface area contributed by atoms with Gasteiger partial charge in [-0.25, -0.2) is 0 Å². The van der Waals surface area contributed by atoms with E-state index in [9.17, 15) is 9.59 Å². The van der Waals surface area contributed by atoms with Crippen LogP contribution in [0.5, 0.6) is 0 Å². The molecule has 1 aromatic carbocycles. The molecule has 27 heavy (non-hydrogen) atoms. The Hall–Kier alpha value is -1.72. The lowest BCUT2D eigenvalue weighted by molar-refractivity contribution is -0.146. The van der Waals surface area contributed by atoms with E-state index in [1.54, 1.807) is 6.92 Å². The van der Waals surface area contributed by atoms with Crippen molar-refractivity contribution in [1.82, 2.24) is 4.90 Å². The summed E-state index contributed by atoms with van der Waals surface area (Å²) in [6.45, 7) is 6.25. The number of benzene rings is 1. The maximum Gasteiger partial charge on any atom is 0.224 e. The molecule has 1 spiro atoms. The van der Waals surface area contributed by atoms with Crippen LogP contribution in [0.3, 0.4) is 0 Å². The van der Waals surface area contributed by atoms with Crippen molar-refractivity contribution in [2.45, 2.75) is 44.2 Å². The van der Waals surface area contributed by atoms with Crippen LogP contribution in [0, 0.1) is 17.8 Å². The maximum atomic E-state index is 13.8. The summed E-state index contributed by atoms with van der Waals surface area (Å²) in [6.07, 6.45) is 1.55. The van der Waals surface area contributed by atoms with Crippen LogP contribution in [-0.4, -0.2) is 55.5 Å². The Morgan fingerprint density at radius 1 is 1.22 bits per heavy atom. The molecule has 5 heteroatoms. The van der Waals surface area contributed by atoms with Gasteiger partial charge in [-0.05, 0) is 44.5 Å². The highest BCUT2D eigenvalue weighted by molar-refractivity contribution is 6.04. The Bertz CT molecular complexity index is 809. The Labute approximate surface area is 160 Å². The van der Waals surface area contributed by atoms with Gasteiger partial charge in [-0.2, -0.15) is 0 Å². The van der Waals surface area contributed by atoms with Crippen molar-refractivity contribution in [1.29, 1.82) is 0 Å². The van der Waals surface area contributed by atoms with E-state index < -0.39 is 5.41 Å². The number of ether oxygens (including phenoxy) is 1. The molecule has 5 rings (SSSR count). The molecule has 0 aromatic heterocycles. The van der Waals surface area contributed by atoms with Crippen LogP contribution in [-0.2, 0) is 19.7 Å². The van der Waals surface area contributed by atoms with E-state index in [-0.39, 0.29) is 29.9 Å². The number of amides is 1. The highest BCUT2D eigenvalue weighted by Gasteiger charge is 2.65. The zero-order valence-electron chi connectivity index (χ0n) is 16.4. The molecule has 1 unspecified atom stereocenters. The van der Waals surface area contributed by atoms with Crippen molar-refractivity contribution in [2.24, 2.45) is 17.8 Å². The number of nitrogens with zero attached hydrogens (tertiary/aromatic N) is 2. The normalized spacial score (nSPS) is 40.8. The summed E-state index contributed by atoms with van der Waals surface area (Å²) in [5, 5.41) is 0. The standard InChI is InChI=1S/C22H28N2O3/c1-13-16-11-23(3)9-8-22-18-6-4-5-7-19(18)24(14(2)25)21(22)17(12-27-13)15(16)10-20(22)26/h4-7,13,15-17,21H,8-12H2,1-3H3/t13-,15-,16-,17+,21?,22+/m1/s1. The van der Waals surface area contributed by atoms with Gasteiger partial charge in [-0.1, -0.05) is 18.2 Å². The number of fused-ring (bicyclic) bond motifs is 3. The molecule has 0 N–H and O–H groups in total. The largest absolute Gasteiger partial charge is 0.378 e. The van der Waals surface area contributed by atoms with E-state index in [0.29, 0.717) is 24.7 Å². The van der Waals surface area contributed by atoms with Crippen molar-refractivity contribution in [3.8, 4) is 0 Å². The first-order chi connectivity index (χ1) is 12.9. The molecular weight excluding hydrogens is 340 g/mol. The van der Waals surface area contributed by atoms with E-state index in [4.69, 9.17) is 4.74 Å². The van der Waals surface area contributed by atoms with Crippen molar-refractivity contribution in [2.75, 3.05) is 31.6 Å². The SMILES string of the molecule is CC(=O)N1c2ccccc2[C@@]23CCN(C)C[C@H]4[C@@H](CC2=O)[C@H](CO[C@@H]4C)C13. The first kappa shape index (κ1) is 17.4. The van der Waals surface area contributed by atoms with Gasteiger partial charge in [-0.15, -0.1) is 0 Å². The number of anilines is 1. The van der Waals surface area contributed by atoms with Crippen LogP contribution < -0.4 is 4.90 Å². The van der Waals surface area contributed by atoms with Crippen molar-refractivity contribution >= 4 is 17.4 Å². The molecule has 2 saturated heterocycles. The fourth-order valence-corrected chi connectivity index (χ4v) is 6.55. The van der Waals surface area contributed by atoms with Crippen molar-refractivity contribution < 1.29 is 14.3 Å². The first-order valence-electron chi connectivity index (χ1n) is 10.2. The predicted molar refractivity (Wildman–Crippen MR) is 103 cm³/mol. The molecule has 0 radical (unpaired) electrons. The fourth-order valence-electron chi connectivity index (χ4n) is 6.55. The molecule has 3 aliphatic heterocycles. The summed E-state index contributed by atoms with van der Waals surface area (Å²) in [4.78, 5) is 30.8. The maximum absolute atomic E-state index is 13.8. The van der Waals surface area contributed by atoms with Crippen LogP contribution in [0.25, 0.3) is 0 Å². The lowest BCUT2D eigenvalue weighted by Crippen LogP contribution is -2.64. The van der Waals surface area contributed by atoms with E-state index in [2.05, 4.69) is 24.9 Å². The summed E-state index contributed by atoms with van der Waals surface area (Å²) in [6, 6.07) is 7.96. The molecule has 4 aliphatic rings. The van der Waals surface area contributed by atoms with E-state index in [0.717, 1.165) is 30.8 Å². The second kappa shape index (κ2) is 5.89. The number of carbonyl (C=O) groups is 2. The number of hydrogen-bond donors (Lipinski definition) is 0. The van der Waals surface area contributed by atoms with Gasteiger partial charge in [0.2, 0.25) is 5.91 Å². The highest BCUT2D eigenvalue weighted by atomic mass is 16.5. The minimum absolute atomic E-state index is 0.0329. The number of rotatable bonds is 0. The fraction of sp³-hybridized carbons (Fsp3) is 0.636. The van der Waals surface area contributed by atoms with E-state index in [1.807, 2.05) is 23.1 Å². The molecule has 1 aliphatic carbocycles. The molecule has 5 nitrogen and oxygen atoms in total. The second-order valence-electron chi connectivity index (χ2n) is 8.99. The first-order valence-corrected chi connectivity index (χ1v) is 10.2. The molecule has 1 amide bonds. The minimum Gasteiger partial charge on any atom is -0.378 e. The van der Waals surface area contributed by atoms with Gasteiger partial charge in [0.05, 0.1) is 24.2 Å². The molecular formula is C22H28N2O3. The quantitative estimate of drug-likeness (QED) is 0.705. The third-order valence-corrected chi connectivity index (χ3v) is 7.76. The van der Waals surface area contributed by atoms with Crippen LogP contribution in [0.1, 0.15) is 32.3 Å². The molecule has 6 atom stereocenters. The molecule has 2 bridgehead atoms. The summed E-state index contributed by atoms with van der Waals surface area (Å²) >= 11 is 0. The second-order valence-corrected chi connectivity index (χ2v) is 8.99. The van der Waals surface area contributed by atoms with Crippen LogP contribution in [0.2, 0.25) is 0 Å². The minimum atomic E-state index is -0.587. The van der Waals surface area contributed by atoms with Gasteiger partial charge in [0.15, 0.2) is 0 Å². The van der Waals surface area contributed by atoms with Gasteiger partial charge < -0.3 is 14.5 Å². The number of hydrogen-bond acceptors (Lipinski definition) is 4. The Balaban J connectivity index is 1.75. The third-order valence-electron chi connectivity index (χ3n) is 7.76. The van der Waals surface area contributed by atoms with Crippen LogP contribution >= 0.6 is 0 Å². The average Bonchev–Trinajstić information content (AvgIpc) is 2.97. The highest BCUT2D eigenvalue weighted by Crippen LogP contribution is 2.58. The molecule has 144 valence electrons. The topological polar surface area (TPSA) is 49.9 Å². The lowest BCUT2D eigenvalue weighted by atomic mass is 9.55. The van der Waals surface area contributed by atoms with Gasteiger partial charge >= 0.3 is 0 Å². The van der Waals surface area contributed by atoms with E-state index >= 15 is 0 Å². The molecule has 3 fully saturated rings. The zero-order chi connectivity index (χ0) is 18.9. The van der Waals surface area contributed by atoms with Gasteiger partial charge in [0.25, 0.3) is 0 Å². The Morgan fingerprint density at radius 2 is 2.00 bits per heavy atom. The average molecular weight is 368 g/mol. The van der Waals surface area contributed by atoms with Gasteiger partial charge in [0.1, 0.15) is 5.78 Å². The van der Waals surface area contributed by atoms with Gasteiger partial charge in [0, 0.05) is 37.4 Å². The smallest absolute Gasteiger partial charge is 0.224 e. The Morgan fingerprint density at radius 3 is 2.78 bits per heavy atom. The van der Waals surface area contributed by atoms with Gasteiger partial charge in [-0.3, -0.25) is 9.59 Å². The lowest BCUT2D eigenvalue weighted by Gasteiger charge is -2.53. The summed E-state index contributed by atoms with van der Waals surface area (Å²) in [5.41, 5.74) is 1.40.